The maximum Gasteiger partial charge on any atom is 0.191 e. The van der Waals surface area contributed by atoms with E-state index in [2.05, 4.69) is 6.58 Å². The van der Waals surface area contributed by atoms with Crippen molar-refractivity contribution < 1.29 is 9.90 Å². The molecule has 0 spiro atoms. The molecule has 0 saturated heterocycles. The summed E-state index contributed by atoms with van der Waals surface area (Å²) in [4.78, 5) is 12.1. The van der Waals surface area contributed by atoms with Gasteiger partial charge < -0.3 is 5.11 Å². The van der Waals surface area contributed by atoms with Gasteiger partial charge in [-0.3, -0.25) is 4.79 Å². The molecular formula is C16H14O2. The zero-order chi connectivity index (χ0) is 13.0. The number of aliphatic hydroxyl groups excluding tert-OH is 1. The van der Waals surface area contributed by atoms with Crippen LogP contribution in [0.4, 0.5) is 0 Å². The quantitative estimate of drug-likeness (QED) is 0.656. The Kier molecular flexibility index (Phi) is 3.70. The maximum atomic E-state index is 12.1. The second kappa shape index (κ2) is 5.43. The summed E-state index contributed by atoms with van der Waals surface area (Å²) < 4.78 is 0. The van der Waals surface area contributed by atoms with Crippen molar-refractivity contribution in [3.05, 3.63) is 83.9 Å². The third kappa shape index (κ3) is 2.55. The maximum absolute atomic E-state index is 12.1. The Morgan fingerprint density at radius 2 is 1.44 bits per heavy atom. The molecule has 1 atom stereocenters. The van der Waals surface area contributed by atoms with Crippen molar-refractivity contribution in [2.24, 2.45) is 0 Å². The lowest BCUT2D eigenvalue weighted by Gasteiger charge is -2.13. The molecule has 1 N–H and O–H groups in total. The minimum atomic E-state index is -0.959. The number of Topliss-reactive ketones (excluding diaryl/α,β-unsaturated/α-hetero) is 1. The summed E-state index contributed by atoms with van der Waals surface area (Å²) in [5.41, 5.74) is 1.40. The molecule has 0 bridgehead atoms. The van der Waals surface area contributed by atoms with E-state index in [4.69, 9.17) is 0 Å². The van der Waals surface area contributed by atoms with Gasteiger partial charge in [0.05, 0.1) is 0 Å². The molecule has 2 rings (SSSR count). The molecule has 0 aromatic heterocycles. The molecule has 0 aliphatic carbocycles. The number of ketones is 1. The predicted octanol–water partition coefficient (Wildman–Crippen LogP) is 3.16. The first-order valence-electron chi connectivity index (χ1n) is 5.71. The smallest absolute Gasteiger partial charge is 0.191 e. The van der Waals surface area contributed by atoms with E-state index in [0.29, 0.717) is 11.1 Å². The topological polar surface area (TPSA) is 37.3 Å². The first-order chi connectivity index (χ1) is 8.70. The molecule has 2 nitrogen and oxygen atoms in total. The molecule has 90 valence electrons. The van der Waals surface area contributed by atoms with E-state index in [1.807, 2.05) is 24.3 Å². The number of aliphatic hydroxyl groups is 1. The van der Waals surface area contributed by atoms with Crippen LogP contribution in [0.3, 0.4) is 0 Å². The van der Waals surface area contributed by atoms with Gasteiger partial charge in [-0.2, -0.15) is 0 Å². The second-order valence-electron chi connectivity index (χ2n) is 4.03. The summed E-state index contributed by atoms with van der Waals surface area (Å²) in [5.74, 6) is -0.230. The highest BCUT2D eigenvalue weighted by atomic mass is 16.3. The Labute approximate surface area is 106 Å². The van der Waals surface area contributed by atoms with Crippen LogP contribution in [0.15, 0.2) is 72.8 Å². The monoisotopic (exact) mass is 238 g/mol. The van der Waals surface area contributed by atoms with Gasteiger partial charge in [0, 0.05) is 11.1 Å². The van der Waals surface area contributed by atoms with Crippen molar-refractivity contribution >= 4 is 5.78 Å². The third-order valence-electron chi connectivity index (χ3n) is 2.77. The number of carbonyl (C=O) groups is 1. The molecule has 2 heteroatoms. The van der Waals surface area contributed by atoms with E-state index >= 15 is 0 Å². The van der Waals surface area contributed by atoms with E-state index in [0.717, 1.165) is 0 Å². The molecule has 0 radical (unpaired) electrons. The average molecular weight is 238 g/mol. The summed E-state index contributed by atoms with van der Waals surface area (Å²) in [6.07, 6.45) is -0.959. The zero-order valence-electron chi connectivity index (χ0n) is 9.91. The summed E-state index contributed by atoms with van der Waals surface area (Å²) in [6, 6.07) is 17.9. The summed E-state index contributed by atoms with van der Waals surface area (Å²) in [6.45, 7) is 3.71. The third-order valence-corrected chi connectivity index (χ3v) is 2.77. The molecule has 1 unspecified atom stereocenters. The van der Waals surface area contributed by atoms with Crippen LogP contribution in [0.5, 0.6) is 0 Å². The van der Waals surface area contributed by atoms with Crippen molar-refractivity contribution in [2.45, 2.75) is 6.10 Å². The van der Waals surface area contributed by atoms with Gasteiger partial charge in [-0.05, 0) is 5.56 Å². The van der Waals surface area contributed by atoms with Gasteiger partial charge in [-0.25, -0.2) is 0 Å². The van der Waals surface area contributed by atoms with E-state index in [-0.39, 0.29) is 11.4 Å². The first-order valence-corrected chi connectivity index (χ1v) is 5.71. The molecule has 0 aliphatic heterocycles. The normalized spacial score (nSPS) is 11.8. The van der Waals surface area contributed by atoms with Crippen LogP contribution < -0.4 is 0 Å². The van der Waals surface area contributed by atoms with Gasteiger partial charge in [-0.15, -0.1) is 0 Å². The lowest BCUT2D eigenvalue weighted by atomic mass is 9.96. The average Bonchev–Trinajstić information content (AvgIpc) is 2.47. The van der Waals surface area contributed by atoms with Gasteiger partial charge in [-0.1, -0.05) is 67.2 Å². The van der Waals surface area contributed by atoms with Crippen molar-refractivity contribution in [1.29, 1.82) is 0 Å². The minimum Gasteiger partial charge on any atom is -0.384 e. The fourth-order valence-corrected chi connectivity index (χ4v) is 1.74. The SMILES string of the molecule is C=C(C(=O)c1ccccc1)C(O)c1ccccc1. The number of hydrogen-bond acceptors (Lipinski definition) is 2. The fraction of sp³-hybridized carbons (Fsp3) is 0.0625. The Balaban J connectivity index is 2.20. The Bertz CT molecular complexity index is 544. The van der Waals surface area contributed by atoms with Gasteiger partial charge in [0.1, 0.15) is 6.10 Å². The Morgan fingerprint density at radius 3 is 2.00 bits per heavy atom. The molecule has 0 aliphatic rings. The van der Waals surface area contributed by atoms with Crippen LogP contribution in [0, 0.1) is 0 Å². The molecule has 0 amide bonds. The molecule has 0 saturated carbocycles. The highest BCUT2D eigenvalue weighted by Gasteiger charge is 2.19. The van der Waals surface area contributed by atoms with Gasteiger partial charge >= 0.3 is 0 Å². The number of benzene rings is 2. The summed E-state index contributed by atoms with van der Waals surface area (Å²) in [7, 11) is 0. The number of hydrogen-bond donors (Lipinski definition) is 1. The molecule has 0 fully saturated rings. The zero-order valence-corrected chi connectivity index (χ0v) is 9.91. The lowest BCUT2D eigenvalue weighted by Crippen LogP contribution is -2.10. The molecule has 2 aromatic carbocycles. The van der Waals surface area contributed by atoms with Crippen LogP contribution in [0.25, 0.3) is 0 Å². The standard InChI is InChI=1S/C16H14O2/c1-12(15(17)13-8-4-2-5-9-13)16(18)14-10-6-3-7-11-14/h2-11,15,17H,1H2. The van der Waals surface area contributed by atoms with Crippen molar-refractivity contribution in [1.82, 2.24) is 0 Å². The van der Waals surface area contributed by atoms with Crippen molar-refractivity contribution in [2.75, 3.05) is 0 Å². The van der Waals surface area contributed by atoms with E-state index in [1.54, 1.807) is 36.4 Å². The van der Waals surface area contributed by atoms with E-state index < -0.39 is 6.10 Å². The van der Waals surface area contributed by atoms with Gasteiger partial charge in [0.15, 0.2) is 5.78 Å². The highest BCUT2D eigenvalue weighted by Crippen LogP contribution is 2.22. The second-order valence-corrected chi connectivity index (χ2v) is 4.03. The van der Waals surface area contributed by atoms with E-state index in [9.17, 15) is 9.90 Å². The number of rotatable bonds is 4. The Morgan fingerprint density at radius 1 is 0.944 bits per heavy atom. The van der Waals surface area contributed by atoms with Crippen LogP contribution in [0.1, 0.15) is 22.0 Å². The van der Waals surface area contributed by atoms with Crippen LogP contribution in [0.2, 0.25) is 0 Å². The van der Waals surface area contributed by atoms with Gasteiger partial charge in [0.25, 0.3) is 0 Å². The fourth-order valence-electron chi connectivity index (χ4n) is 1.74. The highest BCUT2D eigenvalue weighted by molar-refractivity contribution is 6.08. The van der Waals surface area contributed by atoms with E-state index in [1.165, 1.54) is 0 Å². The first kappa shape index (κ1) is 12.3. The predicted molar refractivity (Wildman–Crippen MR) is 71.3 cm³/mol. The van der Waals surface area contributed by atoms with Crippen LogP contribution in [-0.4, -0.2) is 10.9 Å². The van der Waals surface area contributed by atoms with Gasteiger partial charge in [0.2, 0.25) is 0 Å². The van der Waals surface area contributed by atoms with Crippen LogP contribution >= 0.6 is 0 Å². The summed E-state index contributed by atoms with van der Waals surface area (Å²) in [5, 5.41) is 10.1. The largest absolute Gasteiger partial charge is 0.384 e. The molecule has 0 heterocycles. The summed E-state index contributed by atoms with van der Waals surface area (Å²) >= 11 is 0. The number of carbonyl (C=O) groups excluding carboxylic acids is 1. The minimum absolute atomic E-state index is 0.187. The van der Waals surface area contributed by atoms with Crippen LogP contribution in [-0.2, 0) is 0 Å². The van der Waals surface area contributed by atoms with Crippen molar-refractivity contribution in [3.63, 3.8) is 0 Å². The Hall–Kier alpha value is -2.19. The molecule has 2 aromatic rings. The molecule has 18 heavy (non-hydrogen) atoms. The van der Waals surface area contributed by atoms with Crippen molar-refractivity contribution in [3.8, 4) is 0 Å². The molecular weight excluding hydrogens is 224 g/mol. The lowest BCUT2D eigenvalue weighted by molar-refractivity contribution is 0.0988.